The molecule has 0 unspecified atom stereocenters. The van der Waals surface area contributed by atoms with E-state index in [1.165, 1.54) is 0 Å². The van der Waals surface area contributed by atoms with Gasteiger partial charge in [0.1, 0.15) is 17.6 Å². The van der Waals surface area contributed by atoms with Crippen LogP contribution in [0.4, 0.5) is 5.69 Å². The largest absolute Gasteiger partial charge is 0.478 e. The second-order valence-corrected chi connectivity index (χ2v) is 8.38. The van der Waals surface area contributed by atoms with E-state index in [9.17, 15) is 4.79 Å². The lowest BCUT2D eigenvalue weighted by atomic mass is 10.0. The van der Waals surface area contributed by atoms with Crippen molar-refractivity contribution in [3.8, 4) is 11.3 Å². The number of carboxylic acids is 1. The molecule has 2 aromatic carbocycles. The lowest BCUT2D eigenvalue weighted by Gasteiger charge is -2.26. The number of nitrogens with zero attached hydrogens (tertiary/aromatic N) is 2. The van der Waals surface area contributed by atoms with Gasteiger partial charge in [0, 0.05) is 22.5 Å². The molecule has 164 valence electrons. The number of anilines is 1. The lowest BCUT2D eigenvalue weighted by Crippen LogP contribution is -2.29. The zero-order chi connectivity index (χ0) is 22.9. The highest BCUT2D eigenvalue weighted by molar-refractivity contribution is 7.80. The molecule has 4 aromatic rings. The number of pyridine rings is 1. The Balaban J connectivity index is 1.56. The Morgan fingerprint density at radius 3 is 2.45 bits per heavy atom. The number of hydrogen-bond donors (Lipinski definition) is 2. The lowest BCUT2D eigenvalue weighted by molar-refractivity contribution is 0.0697. The summed E-state index contributed by atoms with van der Waals surface area (Å²) >= 11 is 11.8. The van der Waals surface area contributed by atoms with E-state index in [0.29, 0.717) is 21.7 Å². The highest BCUT2D eigenvalue weighted by Gasteiger charge is 2.42. The molecular weight excluding hydrogens is 458 g/mol. The fraction of sp³-hybridized carbons (Fsp3) is 0.0800. The number of thiocarbonyl (C=S) groups is 1. The van der Waals surface area contributed by atoms with Gasteiger partial charge in [-0.05, 0) is 72.9 Å². The molecule has 5 rings (SSSR count). The molecule has 3 heterocycles. The van der Waals surface area contributed by atoms with E-state index < -0.39 is 5.97 Å². The van der Waals surface area contributed by atoms with Gasteiger partial charge in [-0.3, -0.25) is 4.98 Å². The maximum Gasteiger partial charge on any atom is 0.335 e. The minimum absolute atomic E-state index is 0.222. The second-order valence-electron chi connectivity index (χ2n) is 7.56. The van der Waals surface area contributed by atoms with E-state index in [0.717, 1.165) is 16.9 Å². The summed E-state index contributed by atoms with van der Waals surface area (Å²) in [6, 6.07) is 23.1. The van der Waals surface area contributed by atoms with E-state index in [2.05, 4.69) is 10.3 Å². The highest BCUT2D eigenvalue weighted by Crippen LogP contribution is 2.43. The average Bonchev–Trinajstić information content (AvgIpc) is 3.45. The molecule has 0 saturated carbocycles. The topological polar surface area (TPSA) is 78.6 Å². The first-order chi connectivity index (χ1) is 16.0. The van der Waals surface area contributed by atoms with Crippen molar-refractivity contribution < 1.29 is 14.3 Å². The molecule has 8 heteroatoms. The predicted octanol–water partition coefficient (Wildman–Crippen LogP) is 5.87. The van der Waals surface area contributed by atoms with Crippen molar-refractivity contribution in [2.75, 3.05) is 4.90 Å². The first-order valence-electron chi connectivity index (χ1n) is 10.2. The fourth-order valence-corrected chi connectivity index (χ4v) is 4.44. The molecule has 2 atom stereocenters. The Morgan fingerprint density at radius 1 is 1.03 bits per heavy atom. The molecule has 33 heavy (non-hydrogen) atoms. The number of halogens is 1. The number of hydrogen-bond acceptors (Lipinski definition) is 4. The minimum Gasteiger partial charge on any atom is -0.478 e. The van der Waals surface area contributed by atoms with E-state index in [1.54, 1.807) is 30.5 Å². The Hall–Kier alpha value is -3.68. The van der Waals surface area contributed by atoms with Crippen LogP contribution in [-0.4, -0.2) is 21.2 Å². The van der Waals surface area contributed by atoms with Gasteiger partial charge in [-0.25, -0.2) is 4.79 Å². The zero-order valence-electron chi connectivity index (χ0n) is 17.2. The van der Waals surface area contributed by atoms with Crippen LogP contribution in [0.3, 0.4) is 0 Å². The maximum atomic E-state index is 11.2. The van der Waals surface area contributed by atoms with Crippen molar-refractivity contribution in [2.45, 2.75) is 12.1 Å². The third-order valence-corrected chi connectivity index (χ3v) is 6.10. The Morgan fingerprint density at radius 2 is 1.79 bits per heavy atom. The van der Waals surface area contributed by atoms with Crippen molar-refractivity contribution in [1.82, 2.24) is 10.3 Å². The fourth-order valence-electron chi connectivity index (χ4n) is 3.97. The van der Waals surface area contributed by atoms with Crippen LogP contribution in [0.15, 0.2) is 89.5 Å². The molecule has 2 aromatic heterocycles. The predicted molar refractivity (Wildman–Crippen MR) is 130 cm³/mol. The molecule has 1 saturated heterocycles. The number of aromatic carboxylic acids is 1. The molecule has 1 aliphatic heterocycles. The molecule has 1 aliphatic rings. The SMILES string of the molecule is O=C(O)c1ccc(-c2ccc([C@H]3[C@@H](c4ccccn4)NC(=S)N3c3ccc(Cl)cc3)o2)cc1. The molecule has 0 radical (unpaired) electrons. The van der Waals surface area contributed by atoms with Crippen molar-refractivity contribution >= 4 is 40.6 Å². The van der Waals surface area contributed by atoms with Crippen LogP contribution in [0, 0.1) is 0 Å². The van der Waals surface area contributed by atoms with Crippen molar-refractivity contribution in [1.29, 1.82) is 0 Å². The van der Waals surface area contributed by atoms with E-state index in [-0.39, 0.29) is 17.6 Å². The number of furan rings is 1. The van der Waals surface area contributed by atoms with Crippen LogP contribution in [0.5, 0.6) is 0 Å². The van der Waals surface area contributed by atoms with Gasteiger partial charge in [-0.1, -0.05) is 29.8 Å². The van der Waals surface area contributed by atoms with Gasteiger partial charge in [0.15, 0.2) is 5.11 Å². The molecular formula is C25H18ClN3O3S. The smallest absolute Gasteiger partial charge is 0.335 e. The van der Waals surface area contributed by atoms with Gasteiger partial charge in [-0.15, -0.1) is 0 Å². The summed E-state index contributed by atoms with van der Waals surface area (Å²) < 4.78 is 6.29. The van der Waals surface area contributed by atoms with Gasteiger partial charge < -0.3 is 19.7 Å². The molecule has 2 N–H and O–H groups in total. The summed E-state index contributed by atoms with van der Waals surface area (Å²) in [6.45, 7) is 0. The summed E-state index contributed by atoms with van der Waals surface area (Å²) in [5, 5.41) is 13.7. The monoisotopic (exact) mass is 475 g/mol. The normalized spacial score (nSPS) is 17.7. The number of nitrogens with one attached hydrogen (secondary N) is 1. The number of rotatable bonds is 5. The van der Waals surface area contributed by atoms with Crippen LogP contribution >= 0.6 is 23.8 Å². The zero-order valence-corrected chi connectivity index (χ0v) is 18.8. The number of carboxylic acid groups (broad SMARTS) is 1. The van der Waals surface area contributed by atoms with Gasteiger partial charge >= 0.3 is 5.97 Å². The van der Waals surface area contributed by atoms with Crippen LogP contribution in [0.2, 0.25) is 5.02 Å². The van der Waals surface area contributed by atoms with Gasteiger partial charge in [0.05, 0.1) is 17.3 Å². The first kappa shape index (κ1) is 21.2. The average molecular weight is 476 g/mol. The van der Waals surface area contributed by atoms with E-state index in [1.807, 2.05) is 59.5 Å². The Bertz CT molecular complexity index is 1310. The van der Waals surface area contributed by atoms with Crippen molar-refractivity contribution in [3.63, 3.8) is 0 Å². The summed E-state index contributed by atoms with van der Waals surface area (Å²) in [5.41, 5.74) is 2.72. The van der Waals surface area contributed by atoms with E-state index >= 15 is 0 Å². The van der Waals surface area contributed by atoms with Crippen LogP contribution in [0.25, 0.3) is 11.3 Å². The standard InChI is InChI=1S/C25H18ClN3O3S/c26-17-8-10-18(11-9-17)29-23(22(28-25(29)33)19-3-1-2-14-27-19)21-13-12-20(32-21)15-4-6-16(7-5-15)24(30)31/h1-14,22-23H,(H,28,33)(H,30,31)/t22-,23+/m1/s1. The maximum absolute atomic E-state index is 11.2. The molecule has 1 fully saturated rings. The summed E-state index contributed by atoms with van der Waals surface area (Å²) in [4.78, 5) is 17.7. The molecule has 0 bridgehead atoms. The quantitative estimate of drug-likeness (QED) is 0.349. The molecule has 0 amide bonds. The first-order valence-corrected chi connectivity index (χ1v) is 11.0. The van der Waals surface area contributed by atoms with Crippen molar-refractivity contribution in [2.24, 2.45) is 0 Å². The second kappa shape index (κ2) is 8.69. The van der Waals surface area contributed by atoms with Crippen LogP contribution in [-0.2, 0) is 0 Å². The number of aromatic nitrogens is 1. The summed E-state index contributed by atoms with van der Waals surface area (Å²) in [5.74, 6) is 0.366. The Kier molecular flexibility index (Phi) is 5.58. The summed E-state index contributed by atoms with van der Waals surface area (Å²) in [7, 11) is 0. The third-order valence-electron chi connectivity index (χ3n) is 5.54. The molecule has 0 aliphatic carbocycles. The van der Waals surface area contributed by atoms with Gasteiger partial charge in [0.2, 0.25) is 0 Å². The number of benzene rings is 2. The summed E-state index contributed by atoms with van der Waals surface area (Å²) in [6.07, 6.45) is 1.75. The van der Waals surface area contributed by atoms with Gasteiger partial charge in [0.25, 0.3) is 0 Å². The van der Waals surface area contributed by atoms with E-state index in [4.69, 9.17) is 33.3 Å². The van der Waals surface area contributed by atoms with Gasteiger partial charge in [-0.2, -0.15) is 0 Å². The molecule has 6 nitrogen and oxygen atoms in total. The third kappa shape index (κ3) is 4.08. The Labute approximate surface area is 200 Å². The number of carbonyl (C=O) groups is 1. The molecule has 0 spiro atoms. The van der Waals surface area contributed by atoms with Crippen LogP contribution < -0.4 is 10.2 Å². The minimum atomic E-state index is -0.968. The van der Waals surface area contributed by atoms with Crippen LogP contribution in [0.1, 0.15) is 33.9 Å². The highest BCUT2D eigenvalue weighted by atomic mass is 35.5. The van der Waals surface area contributed by atoms with Crippen molar-refractivity contribution in [3.05, 3.63) is 107 Å².